The number of sulfonamides is 1. The summed E-state index contributed by atoms with van der Waals surface area (Å²) in [6.07, 6.45) is -4.52. The van der Waals surface area contributed by atoms with Gasteiger partial charge in [-0.25, -0.2) is 8.42 Å². The molecule has 9 nitrogen and oxygen atoms in total. The zero-order valence-electron chi connectivity index (χ0n) is 16.8. The maximum absolute atomic E-state index is 12.9. The molecular formula is C19H19F3N4O5S. The van der Waals surface area contributed by atoms with Crippen LogP contribution in [-0.2, 0) is 20.9 Å². The zero-order chi connectivity index (χ0) is 23.5. The number of nitro groups is 1. The molecule has 0 unspecified atom stereocenters. The first-order valence-corrected chi connectivity index (χ1v) is 10.8. The Morgan fingerprint density at radius 2 is 1.88 bits per heavy atom. The average Bonchev–Trinajstić information content (AvgIpc) is 2.77. The predicted octanol–water partition coefficient (Wildman–Crippen LogP) is 3.47. The van der Waals surface area contributed by atoms with Crippen molar-refractivity contribution in [2.24, 2.45) is 5.10 Å². The van der Waals surface area contributed by atoms with Gasteiger partial charge in [-0.2, -0.15) is 22.6 Å². The first-order chi connectivity index (χ1) is 15.0. The second-order valence-corrected chi connectivity index (χ2v) is 8.78. The van der Waals surface area contributed by atoms with E-state index in [0.717, 1.165) is 18.2 Å². The number of hydrogen-bond acceptors (Lipinski definition) is 7. The number of morpholine rings is 1. The summed E-state index contributed by atoms with van der Waals surface area (Å²) in [5.41, 5.74) is 1.26. The first kappa shape index (κ1) is 23.6. The topological polar surface area (TPSA) is 114 Å². The number of nitrogens with one attached hydrogen (secondary N) is 1. The second-order valence-electron chi connectivity index (χ2n) is 6.84. The Kier molecular flexibility index (Phi) is 6.81. The standard InChI is InChI=1S/C19H19F3N4O5S/c1-13(14-3-2-4-15(11-14)19(20,21)22)23-24-17-6-5-16(12-18(17)26(27)28)32(29,30)25-7-9-31-10-8-25/h2-6,11-12,24H,7-10H2,1H3/b23-13-. The van der Waals surface area contributed by atoms with Crippen LogP contribution < -0.4 is 5.43 Å². The third kappa shape index (κ3) is 5.23. The van der Waals surface area contributed by atoms with E-state index >= 15 is 0 Å². The molecule has 172 valence electrons. The van der Waals surface area contributed by atoms with Crippen molar-refractivity contribution in [1.82, 2.24) is 4.31 Å². The molecule has 0 bridgehead atoms. The van der Waals surface area contributed by atoms with E-state index < -0.39 is 32.4 Å². The summed E-state index contributed by atoms with van der Waals surface area (Å²) in [6, 6.07) is 7.79. The molecule has 13 heteroatoms. The maximum Gasteiger partial charge on any atom is 0.416 e. The lowest BCUT2D eigenvalue weighted by atomic mass is 10.1. The number of halogens is 3. The van der Waals surface area contributed by atoms with Crippen molar-refractivity contribution >= 4 is 27.1 Å². The minimum Gasteiger partial charge on any atom is -0.379 e. The van der Waals surface area contributed by atoms with Crippen LogP contribution in [0.2, 0.25) is 0 Å². The molecule has 1 aliphatic heterocycles. The van der Waals surface area contributed by atoms with E-state index in [1.807, 2.05) is 0 Å². The van der Waals surface area contributed by atoms with Crippen LogP contribution in [0.1, 0.15) is 18.1 Å². The minimum atomic E-state index is -4.52. The smallest absolute Gasteiger partial charge is 0.379 e. The van der Waals surface area contributed by atoms with Crippen LogP contribution in [-0.4, -0.2) is 49.7 Å². The molecule has 1 heterocycles. The molecule has 0 aliphatic carbocycles. The summed E-state index contributed by atoms with van der Waals surface area (Å²) in [7, 11) is -3.95. The van der Waals surface area contributed by atoms with Gasteiger partial charge in [-0.3, -0.25) is 15.5 Å². The van der Waals surface area contributed by atoms with E-state index in [4.69, 9.17) is 4.74 Å². The van der Waals surface area contributed by atoms with E-state index in [-0.39, 0.29) is 48.2 Å². The van der Waals surface area contributed by atoms with Crippen LogP contribution in [0.25, 0.3) is 0 Å². The fourth-order valence-corrected chi connectivity index (χ4v) is 4.41. The number of nitro benzene ring substituents is 1. The Bertz CT molecular complexity index is 1150. The minimum absolute atomic E-state index is 0.109. The number of hydrazone groups is 1. The normalized spacial score (nSPS) is 16.1. The number of nitrogens with zero attached hydrogens (tertiary/aromatic N) is 3. The molecule has 0 amide bonds. The monoisotopic (exact) mass is 472 g/mol. The summed E-state index contributed by atoms with van der Waals surface area (Å²) < 4.78 is 70.5. The average molecular weight is 472 g/mol. The Morgan fingerprint density at radius 3 is 2.50 bits per heavy atom. The third-order valence-electron chi connectivity index (χ3n) is 4.73. The molecule has 0 spiro atoms. The van der Waals surface area contributed by atoms with E-state index in [1.54, 1.807) is 0 Å². The molecule has 1 N–H and O–H groups in total. The van der Waals surface area contributed by atoms with Crippen molar-refractivity contribution in [3.8, 4) is 0 Å². The molecule has 0 aromatic heterocycles. The summed E-state index contributed by atoms with van der Waals surface area (Å²) in [6.45, 7) is 2.16. The second kappa shape index (κ2) is 9.22. The van der Waals surface area contributed by atoms with E-state index in [2.05, 4.69) is 10.5 Å². The molecule has 32 heavy (non-hydrogen) atoms. The molecule has 1 aliphatic rings. The van der Waals surface area contributed by atoms with Crippen LogP contribution >= 0.6 is 0 Å². The Balaban J connectivity index is 1.88. The van der Waals surface area contributed by atoms with Gasteiger partial charge in [0.25, 0.3) is 5.69 Å². The van der Waals surface area contributed by atoms with Gasteiger partial charge < -0.3 is 4.74 Å². The molecule has 0 radical (unpaired) electrons. The SMILES string of the molecule is C/C(=N/Nc1ccc(S(=O)(=O)N2CCOCC2)cc1[N+](=O)[O-])c1cccc(C(F)(F)F)c1. The number of alkyl halides is 3. The molecule has 1 saturated heterocycles. The van der Waals surface area contributed by atoms with E-state index in [1.165, 1.54) is 35.5 Å². The van der Waals surface area contributed by atoms with Crippen LogP contribution in [0, 0.1) is 10.1 Å². The number of rotatable bonds is 6. The largest absolute Gasteiger partial charge is 0.416 e. The van der Waals surface area contributed by atoms with E-state index in [0.29, 0.717) is 0 Å². The van der Waals surface area contributed by atoms with E-state index in [9.17, 15) is 31.7 Å². The molecule has 0 atom stereocenters. The van der Waals surface area contributed by atoms with Crippen LogP contribution in [0.5, 0.6) is 0 Å². The lowest BCUT2D eigenvalue weighted by Gasteiger charge is -2.26. The summed E-state index contributed by atoms with van der Waals surface area (Å²) in [5.74, 6) is 0. The fourth-order valence-electron chi connectivity index (χ4n) is 2.98. The van der Waals surface area contributed by atoms with Gasteiger partial charge >= 0.3 is 6.18 Å². The summed E-state index contributed by atoms with van der Waals surface area (Å²) >= 11 is 0. The molecule has 2 aromatic carbocycles. The Morgan fingerprint density at radius 1 is 1.19 bits per heavy atom. The van der Waals surface area contributed by atoms with Crippen molar-refractivity contribution in [3.05, 3.63) is 63.7 Å². The van der Waals surface area contributed by atoms with Crippen LogP contribution in [0.3, 0.4) is 0 Å². The number of ether oxygens (including phenoxy) is 1. The van der Waals surface area contributed by atoms with Crippen molar-refractivity contribution in [1.29, 1.82) is 0 Å². The highest BCUT2D eigenvalue weighted by molar-refractivity contribution is 7.89. The molecular weight excluding hydrogens is 453 g/mol. The van der Waals surface area contributed by atoms with Crippen molar-refractivity contribution in [3.63, 3.8) is 0 Å². The lowest BCUT2D eigenvalue weighted by Crippen LogP contribution is -2.40. The van der Waals surface area contributed by atoms with Crippen molar-refractivity contribution in [2.75, 3.05) is 31.7 Å². The third-order valence-corrected chi connectivity index (χ3v) is 6.62. The predicted molar refractivity (Wildman–Crippen MR) is 110 cm³/mol. The van der Waals surface area contributed by atoms with Crippen molar-refractivity contribution in [2.45, 2.75) is 18.0 Å². The van der Waals surface area contributed by atoms with Gasteiger partial charge in [-0.15, -0.1) is 0 Å². The van der Waals surface area contributed by atoms with Gasteiger partial charge in [0, 0.05) is 19.2 Å². The highest BCUT2D eigenvalue weighted by Gasteiger charge is 2.31. The Hall–Kier alpha value is -3.03. The van der Waals surface area contributed by atoms with Gasteiger partial charge in [-0.05, 0) is 36.8 Å². The number of hydrogen-bond donors (Lipinski definition) is 1. The van der Waals surface area contributed by atoms with Gasteiger partial charge in [0.2, 0.25) is 10.0 Å². The molecule has 0 saturated carbocycles. The summed E-state index contributed by atoms with van der Waals surface area (Å²) in [4.78, 5) is 10.5. The number of benzene rings is 2. The highest BCUT2D eigenvalue weighted by atomic mass is 32.2. The first-order valence-electron chi connectivity index (χ1n) is 9.34. The maximum atomic E-state index is 12.9. The lowest BCUT2D eigenvalue weighted by molar-refractivity contribution is -0.384. The van der Waals surface area contributed by atoms with Gasteiger partial charge in [-0.1, -0.05) is 12.1 Å². The van der Waals surface area contributed by atoms with Crippen LogP contribution in [0.15, 0.2) is 52.5 Å². The van der Waals surface area contributed by atoms with Gasteiger partial charge in [0.15, 0.2) is 0 Å². The van der Waals surface area contributed by atoms with Crippen molar-refractivity contribution < 1.29 is 31.2 Å². The highest BCUT2D eigenvalue weighted by Crippen LogP contribution is 2.31. The molecule has 3 rings (SSSR count). The fraction of sp³-hybridized carbons (Fsp3) is 0.316. The quantitative estimate of drug-likeness (QED) is 0.391. The van der Waals surface area contributed by atoms with Crippen LogP contribution in [0.4, 0.5) is 24.5 Å². The summed E-state index contributed by atoms with van der Waals surface area (Å²) in [5, 5.41) is 15.4. The van der Waals surface area contributed by atoms with Gasteiger partial charge in [0.05, 0.1) is 34.3 Å². The zero-order valence-corrected chi connectivity index (χ0v) is 17.6. The molecule has 2 aromatic rings. The van der Waals surface area contributed by atoms with Gasteiger partial charge in [0.1, 0.15) is 5.69 Å². The number of anilines is 1. The molecule has 1 fully saturated rings. The Labute approximate surface area is 181 Å².